The molecular weight excluding hydrogens is 534 g/mol. The molecule has 0 saturated heterocycles. The summed E-state index contributed by atoms with van der Waals surface area (Å²) in [7, 11) is 1.64. The number of nitrogens with one attached hydrogen (secondary N) is 3. The van der Waals surface area contributed by atoms with Crippen LogP contribution in [0.15, 0.2) is 67.0 Å². The molecule has 0 saturated carbocycles. The third kappa shape index (κ3) is 7.03. The molecule has 1 unspecified atom stereocenters. The highest BCUT2D eigenvalue weighted by Crippen LogP contribution is 2.37. The number of rotatable bonds is 11. The minimum absolute atomic E-state index is 0.0755. The number of benzene rings is 3. The first-order valence-electron chi connectivity index (χ1n) is 14.2. The summed E-state index contributed by atoms with van der Waals surface area (Å²) in [5.74, 6) is 1.99. The van der Waals surface area contributed by atoms with Crippen molar-refractivity contribution in [1.29, 1.82) is 0 Å². The van der Waals surface area contributed by atoms with E-state index in [9.17, 15) is 4.79 Å². The first kappa shape index (κ1) is 30.0. The molecule has 0 spiro atoms. The molecule has 4 rings (SSSR count). The number of imidazole rings is 1. The van der Waals surface area contributed by atoms with Gasteiger partial charge < -0.3 is 20.4 Å². The van der Waals surface area contributed by atoms with Gasteiger partial charge in [-0.05, 0) is 78.3 Å². The molecule has 0 fully saturated rings. The van der Waals surface area contributed by atoms with Crippen LogP contribution in [0.5, 0.6) is 5.75 Å². The average molecular weight is 574 g/mol. The molecule has 0 aliphatic carbocycles. The van der Waals surface area contributed by atoms with Gasteiger partial charge in [-0.1, -0.05) is 63.6 Å². The van der Waals surface area contributed by atoms with Crippen LogP contribution in [0, 0.1) is 0 Å². The number of ether oxygens (including phenoxy) is 1. The van der Waals surface area contributed by atoms with E-state index in [-0.39, 0.29) is 12.1 Å². The topological polar surface area (TPSA) is 82.3 Å². The smallest absolute Gasteiger partial charge is 0.326 e. The first-order chi connectivity index (χ1) is 19.7. The van der Waals surface area contributed by atoms with E-state index in [1.165, 1.54) is 5.56 Å². The molecule has 8 heteroatoms. The third-order valence-electron chi connectivity index (χ3n) is 7.34. The van der Waals surface area contributed by atoms with Gasteiger partial charge in [0.25, 0.3) is 0 Å². The number of amides is 2. The molecule has 7 nitrogen and oxygen atoms in total. The average Bonchev–Trinajstić information content (AvgIpc) is 3.52. The first-order valence-corrected chi connectivity index (χ1v) is 14.5. The fourth-order valence-electron chi connectivity index (χ4n) is 4.95. The van der Waals surface area contributed by atoms with Crippen molar-refractivity contribution in [2.75, 3.05) is 22.6 Å². The van der Waals surface area contributed by atoms with Crippen molar-refractivity contribution in [2.45, 2.75) is 66.0 Å². The Kier molecular flexibility index (Phi) is 9.95. The number of methoxy groups -OCH3 is 1. The summed E-state index contributed by atoms with van der Waals surface area (Å²) in [6, 6.07) is 17.6. The Morgan fingerprint density at radius 1 is 1.02 bits per heavy atom. The van der Waals surface area contributed by atoms with Gasteiger partial charge in [0.05, 0.1) is 25.4 Å². The number of urea groups is 1. The van der Waals surface area contributed by atoms with Crippen molar-refractivity contribution < 1.29 is 9.53 Å². The Bertz CT molecular complexity index is 1430. The molecule has 4 aromatic rings. The van der Waals surface area contributed by atoms with Crippen LogP contribution in [0.25, 0.3) is 0 Å². The lowest BCUT2D eigenvalue weighted by Crippen LogP contribution is -2.35. The van der Waals surface area contributed by atoms with Gasteiger partial charge in [0.15, 0.2) is 0 Å². The van der Waals surface area contributed by atoms with E-state index >= 15 is 0 Å². The van der Waals surface area contributed by atoms with Crippen LogP contribution in [0.2, 0.25) is 5.02 Å². The van der Waals surface area contributed by atoms with Gasteiger partial charge in [-0.2, -0.15) is 0 Å². The highest BCUT2D eigenvalue weighted by molar-refractivity contribution is 6.32. The maximum Gasteiger partial charge on any atom is 0.326 e. The van der Waals surface area contributed by atoms with Gasteiger partial charge in [-0.15, -0.1) is 0 Å². The SMILES string of the molecule is CCc1c(Cl)cc(NC(C)c2ncc[nH]2)c(CC)c1NC(=O)N(Cc1ccc(OC)cc1)c1ccc(C(C)C)cc1. The molecule has 0 aliphatic rings. The predicted octanol–water partition coefficient (Wildman–Crippen LogP) is 8.73. The number of carbonyl (C=O) groups excluding carboxylic acids is 1. The lowest BCUT2D eigenvalue weighted by molar-refractivity contribution is 0.256. The fraction of sp³-hybridized carbons (Fsp3) is 0.333. The minimum atomic E-state index is -0.227. The quantitative estimate of drug-likeness (QED) is 0.167. The number of H-pyrrole nitrogens is 1. The van der Waals surface area contributed by atoms with Crippen molar-refractivity contribution in [3.8, 4) is 5.75 Å². The maximum absolute atomic E-state index is 14.1. The molecular formula is C33H40ClN5O2. The number of hydrogen-bond donors (Lipinski definition) is 3. The van der Waals surface area contributed by atoms with Crippen LogP contribution in [0.4, 0.5) is 21.9 Å². The summed E-state index contributed by atoms with van der Waals surface area (Å²) in [5.41, 5.74) is 6.55. The molecule has 0 bridgehead atoms. The fourth-order valence-corrected chi connectivity index (χ4v) is 5.29. The zero-order valence-corrected chi connectivity index (χ0v) is 25.5. The number of aromatic nitrogens is 2. The molecule has 0 radical (unpaired) electrons. The largest absolute Gasteiger partial charge is 0.497 e. The number of aromatic amines is 1. The molecule has 3 N–H and O–H groups in total. The van der Waals surface area contributed by atoms with Gasteiger partial charge in [-0.3, -0.25) is 4.90 Å². The molecule has 1 aromatic heterocycles. The molecule has 3 aromatic carbocycles. The van der Waals surface area contributed by atoms with Crippen LogP contribution in [-0.2, 0) is 19.4 Å². The molecule has 216 valence electrons. The van der Waals surface area contributed by atoms with E-state index < -0.39 is 0 Å². The lowest BCUT2D eigenvalue weighted by Gasteiger charge is -2.27. The van der Waals surface area contributed by atoms with Gasteiger partial charge in [0.2, 0.25) is 0 Å². The Hall–Kier alpha value is -3.97. The lowest BCUT2D eigenvalue weighted by atomic mass is 10.00. The van der Waals surface area contributed by atoms with Crippen molar-refractivity contribution in [3.63, 3.8) is 0 Å². The van der Waals surface area contributed by atoms with E-state index in [0.717, 1.165) is 45.3 Å². The van der Waals surface area contributed by atoms with Crippen LogP contribution in [0.1, 0.15) is 74.7 Å². The third-order valence-corrected chi connectivity index (χ3v) is 7.68. The zero-order valence-electron chi connectivity index (χ0n) is 24.7. The van der Waals surface area contributed by atoms with E-state index in [0.29, 0.717) is 30.3 Å². The van der Waals surface area contributed by atoms with Crippen LogP contribution in [-0.4, -0.2) is 23.1 Å². The second-order valence-corrected chi connectivity index (χ2v) is 10.8. The minimum Gasteiger partial charge on any atom is -0.497 e. The molecule has 41 heavy (non-hydrogen) atoms. The zero-order chi connectivity index (χ0) is 29.5. The van der Waals surface area contributed by atoms with E-state index in [2.05, 4.69) is 60.4 Å². The van der Waals surface area contributed by atoms with E-state index in [4.69, 9.17) is 16.3 Å². The van der Waals surface area contributed by atoms with Gasteiger partial charge >= 0.3 is 6.03 Å². The Morgan fingerprint density at radius 2 is 1.71 bits per heavy atom. The molecule has 2 amide bonds. The molecule has 0 aliphatic heterocycles. The molecule has 1 atom stereocenters. The summed E-state index contributed by atoms with van der Waals surface area (Å²) in [6.07, 6.45) is 4.92. The predicted molar refractivity (Wildman–Crippen MR) is 170 cm³/mol. The van der Waals surface area contributed by atoms with E-state index in [1.54, 1.807) is 24.4 Å². The van der Waals surface area contributed by atoms with Crippen molar-refractivity contribution in [2.24, 2.45) is 0 Å². The standard InChI is InChI=1S/C33H40ClN5O2/c1-7-27-29(34)19-30(37-22(5)32-35-17-18-36-32)28(8-2)31(27)38-33(40)39(20-23-9-15-26(41-6)16-10-23)25-13-11-24(12-14-25)21(3)4/h9-19,21-22,37H,7-8,20H2,1-6H3,(H,35,36)(H,38,40). The van der Waals surface area contributed by atoms with Crippen LogP contribution < -0.4 is 20.3 Å². The Morgan fingerprint density at radius 3 is 2.27 bits per heavy atom. The summed E-state index contributed by atoms with van der Waals surface area (Å²) < 4.78 is 5.33. The number of hydrogen-bond acceptors (Lipinski definition) is 4. The Labute approximate surface area is 248 Å². The van der Waals surface area contributed by atoms with E-state index in [1.807, 2.05) is 49.4 Å². The number of halogens is 1. The molecule has 1 heterocycles. The second-order valence-electron chi connectivity index (χ2n) is 10.4. The van der Waals surface area contributed by atoms with Gasteiger partial charge in [0, 0.05) is 28.8 Å². The highest BCUT2D eigenvalue weighted by atomic mass is 35.5. The highest BCUT2D eigenvalue weighted by Gasteiger charge is 2.23. The van der Waals surface area contributed by atoms with Crippen molar-refractivity contribution in [3.05, 3.63) is 100 Å². The summed E-state index contributed by atoms with van der Waals surface area (Å²) in [5, 5.41) is 7.41. The number of anilines is 3. The van der Waals surface area contributed by atoms with Crippen molar-refractivity contribution >= 4 is 34.7 Å². The summed E-state index contributed by atoms with van der Waals surface area (Å²) >= 11 is 6.82. The maximum atomic E-state index is 14.1. The van der Waals surface area contributed by atoms with Gasteiger partial charge in [-0.25, -0.2) is 9.78 Å². The summed E-state index contributed by atoms with van der Waals surface area (Å²) in [6.45, 7) is 10.9. The van der Waals surface area contributed by atoms with Crippen LogP contribution in [0.3, 0.4) is 0 Å². The summed E-state index contributed by atoms with van der Waals surface area (Å²) in [4.78, 5) is 23.5. The second kappa shape index (κ2) is 13.6. The monoisotopic (exact) mass is 573 g/mol. The van der Waals surface area contributed by atoms with Crippen LogP contribution >= 0.6 is 11.6 Å². The number of carbonyl (C=O) groups is 1. The van der Waals surface area contributed by atoms with Crippen molar-refractivity contribution in [1.82, 2.24) is 9.97 Å². The normalized spacial score (nSPS) is 11.8. The van der Waals surface area contributed by atoms with Gasteiger partial charge in [0.1, 0.15) is 11.6 Å². The Balaban J connectivity index is 1.71. The number of nitrogens with zero attached hydrogens (tertiary/aromatic N) is 2.